The molecule has 1 unspecified atom stereocenters. The van der Waals surface area contributed by atoms with E-state index in [1.54, 1.807) is 0 Å². The topological polar surface area (TPSA) is 139 Å². The van der Waals surface area contributed by atoms with Crippen molar-refractivity contribution in [2.45, 2.75) is 38.1 Å². The summed E-state index contributed by atoms with van der Waals surface area (Å²) < 4.78 is 68.3. The van der Waals surface area contributed by atoms with Gasteiger partial charge in [0.2, 0.25) is 11.5 Å². The van der Waals surface area contributed by atoms with Crippen LogP contribution >= 0.6 is 11.6 Å². The Morgan fingerprint density at radius 2 is 1.71 bits per heavy atom. The molecule has 0 fully saturated rings. The minimum atomic E-state index is -5.36. The molecule has 0 saturated heterocycles. The van der Waals surface area contributed by atoms with Crippen LogP contribution in [0.25, 0.3) is 11.3 Å². The van der Waals surface area contributed by atoms with Crippen LogP contribution in [0.2, 0.25) is 5.02 Å². The fourth-order valence-corrected chi connectivity index (χ4v) is 4.39. The molecule has 15 heteroatoms. The Morgan fingerprint density at radius 1 is 1.02 bits per heavy atom. The molecule has 3 amide bonds. The quantitative estimate of drug-likeness (QED) is 0.227. The van der Waals surface area contributed by atoms with Crippen molar-refractivity contribution >= 4 is 29.3 Å². The van der Waals surface area contributed by atoms with Crippen LogP contribution < -0.4 is 25.4 Å². The number of rotatable bonds is 11. The van der Waals surface area contributed by atoms with Gasteiger partial charge in [-0.3, -0.25) is 14.4 Å². The predicted molar refractivity (Wildman–Crippen MR) is 156 cm³/mol. The van der Waals surface area contributed by atoms with Crippen molar-refractivity contribution < 1.29 is 46.5 Å². The van der Waals surface area contributed by atoms with Gasteiger partial charge in [0, 0.05) is 25.1 Å². The van der Waals surface area contributed by atoms with Gasteiger partial charge in [0.15, 0.2) is 18.1 Å². The van der Waals surface area contributed by atoms with E-state index in [4.69, 9.17) is 21.1 Å². The third kappa shape index (κ3) is 8.19. The van der Waals surface area contributed by atoms with Crippen molar-refractivity contribution in [3.63, 3.8) is 0 Å². The molecule has 3 aromatic rings. The Labute approximate surface area is 261 Å². The highest BCUT2D eigenvalue weighted by molar-refractivity contribution is 6.31. The minimum absolute atomic E-state index is 0.0230. The van der Waals surface area contributed by atoms with Crippen LogP contribution in [0.5, 0.6) is 11.5 Å². The average molecular weight is 655 g/mol. The molecule has 0 saturated carbocycles. The molecule has 0 bridgehead atoms. The predicted octanol–water partition coefficient (Wildman–Crippen LogP) is 4.23. The molecule has 1 heterocycles. The number of nitrogens with zero attached hydrogens (tertiary/aromatic N) is 1. The van der Waals surface area contributed by atoms with Crippen molar-refractivity contribution in [3.8, 4) is 22.8 Å². The normalized spacial score (nSPS) is 13.0. The van der Waals surface area contributed by atoms with Crippen LogP contribution in [0.1, 0.15) is 42.4 Å². The summed E-state index contributed by atoms with van der Waals surface area (Å²) in [6.45, 7) is 2.56. The van der Waals surface area contributed by atoms with E-state index >= 15 is 0 Å². The standard InChI is InChI=1S/C30H31ClF4N4O6/c1-16(40)39-28(2,3)19-12-22(17-6-8-21(32)20(31)10-17)38-25(13-19)29(43,30(33,34)35)15-37-27(42)18-7-9-23(24(11-18)44-5)45-14-26(41)36-4/h6-13,43H,14-15H2,1-5H3,(H,36,41)(H,37,42)(H,39,40). The van der Waals surface area contributed by atoms with E-state index in [0.29, 0.717) is 0 Å². The fourth-order valence-electron chi connectivity index (χ4n) is 4.21. The number of aromatic nitrogens is 1. The van der Waals surface area contributed by atoms with Gasteiger partial charge in [-0.05, 0) is 67.9 Å². The first-order valence-corrected chi connectivity index (χ1v) is 13.7. The lowest BCUT2D eigenvalue weighted by atomic mass is 9.88. The second-order valence-electron chi connectivity index (χ2n) is 10.4. The molecule has 0 aliphatic heterocycles. The van der Waals surface area contributed by atoms with Crippen molar-refractivity contribution in [3.05, 3.63) is 76.2 Å². The van der Waals surface area contributed by atoms with Gasteiger partial charge in [0.1, 0.15) is 5.82 Å². The highest BCUT2D eigenvalue weighted by Gasteiger charge is 2.56. The SMILES string of the molecule is CNC(=O)COc1ccc(C(=O)NCC(O)(c2cc(C(C)(C)NC(C)=O)cc(-c3ccc(F)c(Cl)c3)n2)C(F)(F)F)cc1OC. The number of methoxy groups -OCH3 is 1. The molecule has 2 aromatic carbocycles. The third-order valence-electron chi connectivity index (χ3n) is 6.71. The molecule has 10 nitrogen and oxygen atoms in total. The van der Waals surface area contributed by atoms with Gasteiger partial charge in [0.25, 0.3) is 11.8 Å². The molecule has 0 aliphatic carbocycles. The van der Waals surface area contributed by atoms with Crippen molar-refractivity contribution in [2.24, 2.45) is 0 Å². The van der Waals surface area contributed by atoms with E-state index in [1.807, 2.05) is 0 Å². The molecule has 1 aromatic heterocycles. The molecule has 0 radical (unpaired) electrons. The number of hydrogen-bond donors (Lipinski definition) is 4. The molecule has 0 spiro atoms. The van der Waals surface area contributed by atoms with E-state index < -0.39 is 53.1 Å². The van der Waals surface area contributed by atoms with Crippen molar-refractivity contribution in [1.82, 2.24) is 20.9 Å². The Morgan fingerprint density at radius 3 is 2.29 bits per heavy atom. The second kappa shape index (κ2) is 13.7. The van der Waals surface area contributed by atoms with Gasteiger partial charge in [-0.1, -0.05) is 11.6 Å². The van der Waals surface area contributed by atoms with Gasteiger partial charge in [-0.25, -0.2) is 9.37 Å². The molecule has 3 rings (SSSR count). The Bertz CT molecular complexity index is 1600. The van der Waals surface area contributed by atoms with Crippen LogP contribution in [-0.4, -0.2) is 61.3 Å². The largest absolute Gasteiger partial charge is 0.493 e. The van der Waals surface area contributed by atoms with Crippen LogP contribution in [0, 0.1) is 5.82 Å². The molecule has 4 N–H and O–H groups in total. The van der Waals surface area contributed by atoms with E-state index in [9.17, 15) is 37.1 Å². The molecule has 0 aliphatic rings. The number of halogens is 5. The zero-order chi connectivity index (χ0) is 33.7. The van der Waals surface area contributed by atoms with Gasteiger partial charge in [-0.15, -0.1) is 0 Å². The molecular weight excluding hydrogens is 624 g/mol. The van der Waals surface area contributed by atoms with E-state index in [2.05, 4.69) is 20.9 Å². The first kappa shape index (κ1) is 35.1. The zero-order valence-corrected chi connectivity index (χ0v) is 25.6. The monoisotopic (exact) mass is 654 g/mol. The summed E-state index contributed by atoms with van der Waals surface area (Å²) in [4.78, 5) is 40.4. The fraction of sp³-hybridized carbons (Fsp3) is 0.333. The summed E-state index contributed by atoms with van der Waals surface area (Å²) in [6.07, 6.45) is -5.36. The van der Waals surface area contributed by atoms with E-state index in [-0.39, 0.29) is 45.5 Å². The number of nitrogens with one attached hydrogen (secondary N) is 3. The first-order chi connectivity index (χ1) is 20.9. The lowest BCUT2D eigenvalue weighted by molar-refractivity contribution is -0.265. The van der Waals surface area contributed by atoms with E-state index in [1.165, 1.54) is 65.3 Å². The zero-order valence-electron chi connectivity index (χ0n) is 24.9. The van der Waals surface area contributed by atoms with Crippen LogP contribution in [0.15, 0.2) is 48.5 Å². The number of ether oxygens (including phenoxy) is 2. The van der Waals surface area contributed by atoms with Crippen molar-refractivity contribution in [1.29, 1.82) is 0 Å². The maximum Gasteiger partial charge on any atom is 0.424 e. The van der Waals surface area contributed by atoms with Gasteiger partial charge in [0.05, 0.1) is 35.6 Å². The van der Waals surface area contributed by atoms with Crippen molar-refractivity contribution in [2.75, 3.05) is 27.3 Å². The number of carbonyl (C=O) groups excluding carboxylic acids is 3. The summed E-state index contributed by atoms with van der Waals surface area (Å²) in [6, 6.07) is 9.45. The highest BCUT2D eigenvalue weighted by atomic mass is 35.5. The lowest BCUT2D eigenvalue weighted by Crippen LogP contribution is -2.52. The summed E-state index contributed by atoms with van der Waals surface area (Å²) in [5.41, 5.74) is -5.91. The number of hydrogen-bond acceptors (Lipinski definition) is 7. The van der Waals surface area contributed by atoms with Gasteiger partial charge in [-0.2, -0.15) is 13.2 Å². The third-order valence-corrected chi connectivity index (χ3v) is 7.00. The number of alkyl halides is 3. The highest BCUT2D eigenvalue weighted by Crippen LogP contribution is 2.40. The Balaban J connectivity index is 2.05. The smallest absolute Gasteiger partial charge is 0.424 e. The molecular formula is C30H31ClF4N4O6. The number of aliphatic hydroxyl groups is 1. The summed E-state index contributed by atoms with van der Waals surface area (Å²) in [7, 11) is 2.67. The average Bonchev–Trinajstić information content (AvgIpc) is 2.98. The van der Waals surface area contributed by atoms with Crippen LogP contribution in [0.4, 0.5) is 17.6 Å². The number of pyridine rings is 1. The summed E-state index contributed by atoms with van der Waals surface area (Å²) in [5.74, 6) is -2.57. The number of carbonyl (C=O) groups is 3. The van der Waals surface area contributed by atoms with Crippen LogP contribution in [-0.2, 0) is 20.7 Å². The lowest BCUT2D eigenvalue weighted by Gasteiger charge is -2.33. The van der Waals surface area contributed by atoms with Gasteiger partial charge >= 0.3 is 6.18 Å². The number of amides is 3. The Hall–Kier alpha value is -4.43. The minimum Gasteiger partial charge on any atom is -0.493 e. The second-order valence-corrected chi connectivity index (χ2v) is 10.8. The summed E-state index contributed by atoms with van der Waals surface area (Å²) >= 11 is 5.91. The first-order valence-electron chi connectivity index (χ1n) is 13.3. The number of benzene rings is 2. The van der Waals surface area contributed by atoms with Crippen LogP contribution in [0.3, 0.4) is 0 Å². The molecule has 45 heavy (non-hydrogen) atoms. The maximum absolute atomic E-state index is 14.6. The Kier molecular flexibility index (Phi) is 10.7. The van der Waals surface area contributed by atoms with E-state index in [0.717, 1.165) is 18.2 Å². The summed E-state index contributed by atoms with van der Waals surface area (Å²) in [5, 5.41) is 18.0. The maximum atomic E-state index is 14.6. The van der Waals surface area contributed by atoms with Gasteiger partial charge < -0.3 is 30.5 Å². The number of likely N-dealkylation sites (N-methyl/N-ethyl adjacent to an activating group) is 1. The molecule has 242 valence electrons. The molecule has 1 atom stereocenters.